The zero-order valence-electron chi connectivity index (χ0n) is 9.95. The Labute approximate surface area is 114 Å². The molecule has 0 radical (unpaired) electrons. The number of aromatic carboxylic acids is 1. The van der Waals surface area contributed by atoms with Crippen LogP contribution >= 0.6 is 11.3 Å². The van der Waals surface area contributed by atoms with Crippen molar-refractivity contribution in [3.8, 4) is 11.1 Å². The Balaban J connectivity index is 2.33. The third kappa shape index (κ3) is 3.33. The van der Waals surface area contributed by atoms with Crippen LogP contribution in [0, 0.1) is 0 Å². The van der Waals surface area contributed by atoms with Crippen LogP contribution in [0.2, 0.25) is 0 Å². The van der Waals surface area contributed by atoms with Crippen LogP contribution < -0.4 is 4.72 Å². The lowest BCUT2D eigenvalue weighted by Crippen LogP contribution is -2.09. The number of thiophene rings is 1. The van der Waals surface area contributed by atoms with Gasteiger partial charge in [-0.05, 0) is 29.1 Å². The highest BCUT2D eigenvalue weighted by Gasteiger charge is 2.13. The summed E-state index contributed by atoms with van der Waals surface area (Å²) in [6.45, 7) is 0. The van der Waals surface area contributed by atoms with Crippen LogP contribution in [0.25, 0.3) is 11.1 Å². The molecule has 0 aliphatic heterocycles. The van der Waals surface area contributed by atoms with Gasteiger partial charge in [0.25, 0.3) is 0 Å². The molecule has 0 unspecified atom stereocenters. The Kier molecular flexibility index (Phi) is 3.59. The molecule has 19 heavy (non-hydrogen) atoms. The highest BCUT2D eigenvalue weighted by Crippen LogP contribution is 2.29. The average Bonchev–Trinajstić information content (AvgIpc) is 2.76. The van der Waals surface area contributed by atoms with E-state index in [1.165, 1.54) is 0 Å². The van der Waals surface area contributed by atoms with Crippen molar-refractivity contribution in [3.63, 3.8) is 0 Å². The second-order valence-corrected chi connectivity index (χ2v) is 6.58. The predicted octanol–water partition coefficient (Wildman–Crippen LogP) is 2.48. The summed E-state index contributed by atoms with van der Waals surface area (Å²) < 4.78 is 24.5. The van der Waals surface area contributed by atoms with E-state index < -0.39 is 16.0 Å². The number of carbonyl (C=O) groups is 1. The monoisotopic (exact) mass is 297 g/mol. The van der Waals surface area contributed by atoms with Gasteiger partial charge in [0.15, 0.2) is 0 Å². The molecule has 2 aromatic rings. The Morgan fingerprint density at radius 2 is 1.84 bits per heavy atom. The lowest BCUT2D eigenvalue weighted by molar-refractivity contribution is 0.0703. The van der Waals surface area contributed by atoms with Crippen LogP contribution in [0.1, 0.15) is 9.67 Å². The van der Waals surface area contributed by atoms with Crippen molar-refractivity contribution in [1.82, 2.24) is 0 Å². The van der Waals surface area contributed by atoms with Gasteiger partial charge in [-0.15, -0.1) is 11.3 Å². The summed E-state index contributed by atoms with van der Waals surface area (Å²) in [5.74, 6) is -0.969. The van der Waals surface area contributed by atoms with Gasteiger partial charge in [-0.3, -0.25) is 4.72 Å². The molecule has 0 atom stereocenters. The minimum atomic E-state index is -3.31. The first-order valence-corrected chi connectivity index (χ1v) is 8.03. The van der Waals surface area contributed by atoms with Gasteiger partial charge in [0.2, 0.25) is 10.0 Å². The molecule has 0 fully saturated rings. The van der Waals surface area contributed by atoms with Crippen LogP contribution in [-0.4, -0.2) is 25.7 Å². The van der Waals surface area contributed by atoms with Crippen molar-refractivity contribution in [2.75, 3.05) is 11.0 Å². The van der Waals surface area contributed by atoms with Crippen molar-refractivity contribution in [2.24, 2.45) is 0 Å². The van der Waals surface area contributed by atoms with Crippen molar-refractivity contribution in [1.29, 1.82) is 0 Å². The van der Waals surface area contributed by atoms with E-state index in [9.17, 15) is 13.2 Å². The molecular weight excluding hydrogens is 286 g/mol. The topological polar surface area (TPSA) is 83.5 Å². The van der Waals surface area contributed by atoms with Crippen LogP contribution in [0.5, 0.6) is 0 Å². The number of hydrogen-bond acceptors (Lipinski definition) is 4. The highest BCUT2D eigenvalue weighted by molar-refractivity contribution is 7.92. The van der Waals surface area contributed by atoms with E-state index >= 15 is 0 Å². The van der Waals surface area contributed by atoms with Crippen LogP contribution in [0.3, 0.4) is 0 Å². The number of nitrogens with one attached hydrogen (secondary N) is 1. The van der Waals surface area contributed by atoms with Gasteiger partial charge >= 0.3 is 5.97 Å². The SMILES string of the molecule is CS(=O)(=O)Nc1ccc(-c2ccsc2C(=O)O)cc1. The molecule has 0 saturated carbocycles. The van der Waals surface area contributed by atoms with Gasteiger partial charge in [0.05, 0.1) is 6.26 Å². The van der Waals surface area contributed by atoms with E-state index in [0.29, 0.717) is 11.3 Å². The summed E-state index contributed by atoms with van der Waals surface area (Å²) in [6.07, 6.45) is 1.07. The number of carboxylic acid groups (broad SMARTS) is 1. The number of rotatable bonds is 4. The third-order valence-electron chi connectivity index (χ3n) is 2.36. The smallest absolute Gasteiger partial charge is 0.346 e. The lowest BCUT2D eigenvalue weighted by Gasteiger charge is -2.05. The number of sulfonamides is 1. The molecule has 0 aliphatic carbocycles. The summed E-state index contributed by atoms with van der Waals surface area (Å²) in [7, 11) is -3.31. The molecule has 1 aromatic carbocycles. The zero-order valence-corrected chi connectivity index (χ0v) is 11.6. The average molecular weight is 297 g/mol. The highest BCUT2D eigenvalue weighted by atomic mass is 32.2. The molecule has 5 nitrogen and oxygen atoms in total. The first-order valence-electron chi connectivity index (χ1n) is 5.26. The van der Waals surface area contributed by atoms with Crippen molar-refractivity contribution in [2.45, 2.75) is 0 Å². The Morgan fingerprint density at radius 1 is 1.21 bits per heavy atom. The third-order valence-corrected chi connectivity index (χ3v) is 3.87. The van der Waals surface area contributed by atoms with Crippen molar-refractivity contribution >= 4 is 33.0 Å². The van der Waals surface area contributed by atoms with Gasteiger partial charge in [0, 0.05) is 11.3 Å². The molecule has 100 valence electrons. The maximum Gasteiger partial charge on any atom is 0.346 e. The van der Waals surface area contributed by atoms with E-state index in [-0.39, 0.29) is 4.88 Å². The second kappa shape index (κ2) is 5.02. The first kappa shape index (κ1) is 13.6. The van der Waals surface area contributed by atoms with Crippen molar-refractivity contribution < 1.29 is 18.3 Å². The Hall–Kier alpha value is -1.86. The van der Waals surface area contributed by atoms with Crippen LogP contribution in [0.15, 0.2) is 35.7 Å². The minimum absolute atomic E-state index is 0.267. The van der Waals surface area contributed by atoms with E-state index in [1.807, 2.05) is 0 Å². The van der Waals surface area contributed by atoms with E-state index in [0.717, 1.165) is 23.2 Å². The molecular formula is C12H11NO4S2. The zero-order chi connectivity index (χ0) is 14.0. The fourth-order valence-electron chi connectivity index (χ4n) is 1.63. The standard InChI is InChI=1S/C12H11NO4S2/c1-19(16,17)13-9-4-2-8(3-5-9)10-6-7-18-11(10)12(14)15/h2-7,13H,1H3,(H,14,15). The second-order valence-electron chi connectivity index (χ2n) is 3.92. The van der Waals surface area contributed by atoms with Gasteiger partial charge in [-0.25, -0.2) is 13.2 Å². The van der Waals surface area contributed by atoms with Gasteiger partial charge in [-0.2, -0.15) is 0 Å². The number of anilines is 1. The summed E-state index contributed by atoms with van der Waals surface area (Å²) >= 11 is 1.16. The van der Waals surface area contributed by atoms with E-state index in [2.05, 4.69) is 4.72 Å². The predicted molar refractivity (Wildman–Crippen MR) is 75.2 cm³/mol. The summed E-state index contributed by atoms with van der Waals surface area (Å²) in [5.41, 5.74) is 1.81. The molecule has 1 aromatic heterocycles. The van der Waals surface area contributed by atoms with E-state index in [4.69, 9.17) is 5.11 Å². The Morgan fingerprint density at radius 3 is 2.37 bits per heavy atom. The van der Waals surface area contributed by atoms with Crippen LogP contribution in [0.4, 0.5) is 5.69 Å². The number of hydrogen-bond donors (Lipinski definition) is 2. The summed E-state index contributed by atoms with van der Waals surface area (Å²) in [5, 5.41) is 10.8. The fraction of sp³-hybridized carbons (Fsp3) is 0.0833. The largest absolute Gasteiger partial charge is 0.477 e. The number of carboxylic acids is 1. The molecule has 0 spiro atoms. The maximum atomic E-state index is 11.1. The molecule has 1 heterocycles. The molecule has 0 aliphatic rings. The maximum absolute atomic E-state index is 11.1. The van der Waals surface area contributed by atoms with Gasteiger partial charge in [-0.1, -0.05) is 12.1 Å². The van der Waals surface area contributed by atoms with Gasteiger partial charge in [0.1, 0.15) is 4.88 Å². The minimum Gasteiger partial charge on any atom is -0.477 e. The lowest BCUT2D eigenvalue weighted by atomic mass is 10.1. The van der Waals surface area contributed by atoms with Gasteiger partial charge < -0.3 is 5.11 Å². The fourth-order valence-corrected chi connectivity index (χ4v) is 2.95. The molecule has 0 amide bonds. The number of benzene rings is 1. The van der Waals surface area contributed by atoms with E-state index in [1.54, 1.807) is 35.7 Å². The summed E-state index contributed by atoms with van der Waals surface area (Å²) in [4.78, 5) is 11.3. The molecule has 2 N–H and O–H groups in total. The normalized spacial score (nSPS) is 11.2. The quantitative estimate of drug-likeness (QED) is 0.908. The molecule has 2 rings (SSSR count). The summed E-state index contributed by atoms with van der Waals surface area (Å²) in [6, 6.07) is 8.29. The Bertz CT molecular complexity index is 702. The van der Waals surface area contributed by atoms with Crippen LogP contribution in [-0.2, 0) is 10.0 Å². The first-order chi connectivity index (χ1) is 8.87. The molecule has 7 heteroatoms. The molecule has 0 bridgehead atoms. The molecule has 0 saturated heterocycles. The van der Waals surface area contributed by atoms with Crippen molar-refractivity contribution in [3.05, 3.63) is 40.6 Å².